The maximum Gasteiger partial charge on any atom is 0.224 e. The van der Waals surface area contributed by atoms with Crippen molar-refractivity contribution >= 4 is 11.6 Å². The van der Waals surface area contributed by atoms with Crippen molar-refractivity contribution in [3.8, 4) is 0 Å². The lowest BCUT2D eigenvalue weighted by Gasteiger charge is -2.05. The molecule has 0 unspecified atom stereocenters. The van der Waals surface area contributed by atoms with Gasteiger partial charge in [-0.3, -0.25) is 4.79 Å². The van der Waals surface area contributed by atoms with Crippen LogP contribution in [-0.4, -0.2) is 5.91 Å². The van der Waals surface area contributed by atoms with Crippen LogP contribution < -0.4 is 5.32 Å². The van der Waals surface area contributed by atoms with Crippen LogP contribution >= 0.6 is 0 Å². The lowest BCUT2D eigenvalue weighted by Crippen LogP contribution is -2.11. The summed E-state index contributed by atoms with van der Waals surface area (Å²) >= 11 is 0. The molecule has 1 amide bonds. The average molecular weight is 175 g/mol. The number of hydrogen-bond donors (Lipinski definition) is 1. The third kappa shape index (κ3) is 1.72. The zero-order chi connectivity index (χ0) is 9.26. The molecule has 1 aliphatic rings. The number of amides is 1. The monoisotopic (exact) mass is 175 g/mol. The molecule has 0 saturated heterocycles. The predicted molar refractivity (Wildman–Crippen MR) is 52.6 cm³/mol. The molecule has 0 radical (unpaired) electrons. The van der Waals surface area contributed by atoms with Crippen LogP contribution in [0.25, 0.3) is 0 Å². The summed E-state index contributed by atoms with van der Waals surface area (Å²) in [5.41, 5.74) is 2.23. The van der Waals surface area contributed by atoms with Crippen molar-refractivity contribution in [1.82, 2.24) is 0 Å². The van der Waals surface area contributed by atoms with Crippen molar-refractivity contribution in [3.63, 3.8) is 0 Å². The maximum atomic E-state index is 11.3. The highest BCUT2D eigenvalue weighted by molar-refractivity contribution is 5.92. The summed E-state index contributed by atoms with van der Waals surface area (Å²) in [5.74, 6) is 0.584. The van der Waals surface area contributed by atoms with Gasteiger partial charge in [-0.05, 0) is 24.0 Å². The van der Waals surface area contributed by atoms with Crippen molar-refractivity contribution in [3.05, 3.63) is 29.8 Å². The zero-order valence-electron chi connectivity index (χ0n) is 7.71. The molecular formula is C11H13NO. The van der Waals surface area contributed by atoms with Gasteiger partial charge in [-0.2, -0.15) is 0 Å². The van der Waals surface area contributed by atoms with E-state index in [0.29, 0.717) is 12.3 Å². The first-order valence-electron chi connectivity index (χ1n) is 4.63. The minimum Gasteiger partial charge on any atom is -0.326 e. The predicted octanol–water partition coefficient (Wildman–Crippen LogP) is 2.21. The lowest BCUT2D eigenvalue weighted by atomic mass is 9.99. The number of fused-ring (bicyclic) bond motifs is 1. The van der Waals surface area contributed by atoms with E-state index < -0.39 is 0 Å². The van der Waals surface area contributed by atoms with Crippen LogP contribution in [-0.2, 0) is 11.2 Å². The third-order valence-corrected chi connectivity index (χ3v) is 2.39. The Morgan fingerprint density at radius 3 is 2.92 bits per heavy atom. The molecular weight excluding hydrogens is 162 g/mol. The normalized spacial score (nSPS) is 21.6. The number of benzene rings is 1. The summed E-state index contributed by atoms with van der Waals surface area (Å²) < 4.78 is 0. The molecule has 1 aromatic rings. The van der Waals surface area contributed by atoms with Gasteiger partial charge in [0.15, 0.2) is 0 Å². The van der Waals surface area contributed by atoms with Crippen LogP contribution in [0.2, 0.25) is 0 Å². The quantitative estimate of drug-likeness (QED) is 0.643. The van der Waals surface area contributed by atoms with E-state index in [1.54, 1.807) is 0 Å². The first kappa shape index (κ1) is 8.30. The van der Waals surface area contributed by atoms with E-state index in [1.165, 1.54) is 5.56 Å². The summed E-state index contributed by atoms with van der Waals surface area (Å²) in [6.45, 7) is 2.11. The minimum absolute atomic E-state index is 0.137. The Hall–Kier alpha value is -1.31. The fourth-order valence-corrected chi connectivity index (χ4v) is 1.79. The molecule has 0 aliphatic carbocycles. The van der Waals surface area contributed by atoms with Gasteiger partial charge in [-0.15, -0.1) is 0 Å². The number of para-hydroxylation sites is 1. The maximum absolute atomic E-state index is 11.3. The molecule has 0 bridgehead atoms. The van der Waals surface area contributed by atoms with Crippen molar-refractivity contribution in [2.45, 2.75) is 19.8 Å². The number of hydrogen-bond acceptors (Lipinski definition) is 1. The Morgan fingerprint density at radius 1 is 1.31 bits per heavy atom. The van der Waals surface area contributed by atoms with E-state index in [-0.39, 0.29) is 5.91 Å². The molecule has 2 nitrogen and oxygen atoms in total. The van der Waals surface area contributed by atoms with E-state index in [4.69, 9.17) is 0 Å². The molecule has 68 valence electrons. The molecule has 0 saturated carbocycles. The number of anilines is 1. The van der Waals surface area contributed by atoms with Crippen molar-refractivity contribution < 1.29 is 4.79 Å². The molecule has 1 aliphatic heterocycles. The summed E-state index contributed by atoms with van der Waals surface area (Å²) in [5, 5.41) is 2.91. The van der Waals surface area contributed by atoms with Crippen LogP contribution in [0.1, 0.15) is 18.9 Å². The Morgan fingerprint density at radius 2 is 2.08 bits per heavy atom. The first-order chi connectivity index (χ1) is 6.25. The van der Waals surface area contributed by atoms with Gasteiger partial charge in [0, 0.05) is 12.1 Å². The van der Waals surface area contributed by atoms with Crippen LogP contribution in [0.15, 0.2) is 24.3 Å². The Balaban J connectivity index is 2.38. The summed E-state index contributed by atoms with van der Waals surface area (Å²) in [7, 11) is 0. The SMILES string of the molecule is C[C@H]1CC(=O)Nc2ccccc2C1. The van der Waals surface area contributed by atoms with Gasteiger partial charge in [0.25, 0.3) is 0 Å². The summed E-state index contributed by atoms with van der Waals surface area (Å²) in [6.07, 6.45) is 1.63. The highest BCUT2D eigenvalue weighted by Gasteiger charge is 2.16. The van der Waals surface area contributed by atoms with Crippen LogP contribution in [0, 0.1) is 5.92 Å². The Bertz CT molecular complexity index is 333. The summed E-state index contributed by atoms with van der Waals surface area (Å²) in [6, 6.07) is 8.01. The fraction of sp³-hybridized carbons (Fsp3) is 0.364. The second kappa shape index (κ2) is 3.21. The molecule has 0 spiro atoms. The molecule has 1 N–H and O–H groups in total. The average Bonchev–Trinajstić information content (AvgIpc) is 2.20. The molecule has 1 heterocycles. The van der Waals surface area contributed by atoms with Crippen molar-refractivity contribution in [2.24, 2.45) is 5.92 Å². The molecule has 1 atom stereocenters. The second-order valence-corrected chi connectivity index (χ2v) is 3.72. The van der Waals surface area contributed by atoms with E-state index >= 15 is 0 Å². The van der Waals surface area contributed by atoms with Gasteiger partial charge in [0.2, 0.25) is 5.91 Å². The van der Waals surface area contributed by atoms with Crippen LogP contribution in [0.5, 0.6) is 0 Å². The highest BCUT2D eigenvalue weighted by atomic mass is 16.1. The van der Waals surface area contributed by atoms with E-state index in [1.807, 2.05) is 18.2 Å². The van der Waals surface area contributed by atoms with Crippen LogP contribution in [0.4, 0.5) is 5.69 Å². The smallest absolute Gasteiger partial charge is 0.224 e. The van der Waals surface area contributed by atoms with Crippen LogP contribution in [0.3, 0.4) is 0 Å². The van der Waals surface area contributed by atoms with E-state index in [0.717, 1.165) is 12.1 Å². The highest BCUT2D eigenvalue weighted by Crippen LogP contribution is 2.24. The molecule has 13 heavy (non-hydrogen) atoms. The van der Waals surface area contributed by atoms with Gasteiger partial charge in [0.05, 0.1) is 0 Å². The van der Waals surface area contributed by atoms with Gasteiger partial charge in [0.1, 0.15) is 0 Å². The standard InChI is InChI=1S/C11H13NO/c1-8-6-9-4-2-3-5-10(9)12-11(13)7-8/h2-5,8H,6-7H2,1H3,(H,12,13)/t8-/m1/s1. The fourth-order valence-electron chi connectivity index (χ4n) is 1.79. The molecule has 1 aromatic carbocycles. The van der Waals surface area contributed by atoms with Crippen molar-refractivity contribution in [1.29, 1.82) is 0 Å². The van der Waals surface area contributed by atoms with Gasteiger partial charge >= 0.3 is 0 Å². The number of carbonyl (C=O) groups excluding carboxylic acids is 1. The van der Waals surface area contributed by atoms with Crippen molar-refractivity contribution in [2.75, 3.05) is 5.32 Å². The molecule has 0 fully saturated rings. The van der Waals surface area contributed by atoms with Gasteiger partial charge in [-0.1, -0.05) is 25.1 Å². The largest absolute Gasteiger partial charge is 0.326 e. The van der Waals surface area contributed by atoms with Gasteiger partial charge < -0.3 is 5.32 Å². The third-order valence-electron chi connectivity index (χ3n) is 2.39. The number of nitrogens with one attached hydrogen (secondary N) is 1. The molecule has 2 heteroatoms. The Kier molecular flexibility index (Phi) is 2.05. The Labute approximate surface area is 78.0 Å². The second-order valence-electron chi connectivity index (χ2n) is 3.72. The van der Waals surface area contributed by atoms with E-state index in [2.05, 4.69) is 18.3 Å². The molecule has 2 rings (SSSR count). The molecule has 0 aromatic heterocycles. The van der Waals surface area contributed by atoms with E-state index in [9.17, 15) is 4.79 Å². The first-order valence-corrected chi connectivity index (χ1v) is 4.63. The minimum atomic E-state index is 0.137. The lowest BCUT2D eigenvalue weighted by molar-refractivity contribution is -0.116. The number of rotatable bonds is 0. The zero-order valence-corrected chi connectivity index (χ0v) is 7.71. The topological polar surface area (TPSA) is 29.1 Å². The van der Waals surface area contributed by atoms with Gasteiger partial charge in [-0.25, -0.2) is 0 Å². The summed E-state index contributed by atoms with van der Waals surface area (Å²) in [4.78, 5) is 11.3. The number of carbonyl (C=O) groups is 1.